The first-order valence-corrected chi connectivity index (χ1v) is 5.98. The quantitative estimate of drug-likeness (QED) is 0.821. The zero-order valence-corrected chi connectivity index (χ0v) is 10.6. The molecule has 5 nitrogen and oxygen atoms in total. The third kappa shape index (κ3) is 2.61. The Morgan fingerprint density at radius 3 is 2.83 bits per heavy atom. The van der Waals surface area contributed by atoms with E-state index in [1.54, 1.807) is 13.2 Å². The van der Waals surface area contributed by atoms with E-state index < -0.39 is 0 Å². The van der Waals surface area contributed by atoms with Gasteiger partial charge >= 0.3 is 0 Å². The number of aromatic nitrogens is 2. The molecule has 0 aromatic carbocycles. The molecule has 0 bridgehead atoms. The van der Waals surface area contributed by atoms with Crippen LogP contribution in [0.2, 0.25) is 0 Å². The molecule has 0 atom stereocenters. The lowest BCUT2D eigenvalue weighted by Crippen LogP contribution is -2.02. The summed E-state index contributed by atoms with van der Waals surface area (Å²) in [5.74, 6) is 1.44. The van der Waals surface area contributed by atoms with E-state index in [4.69, 9.17) is 15.2 Å². The predicted octanol–water partition coefficient (Wildman–Crippen LogP) is 2.40. The first kappa shape index (κ1) is 12.4. The molecule has 5 heteroatoms. The van der Waals surface area contributed by atoms with Crippen LogP contribution in [-0.4, -0.2) is 23.7 Å². The Kier molecular flexibility index (Phi) is 3.82. The van der Waals surface area contributed by atoms with E-state index in [1.165, 1.54) is 0 Å². The molecule has 0 spiro atoms. The maximum Gasteiger partial charge on any atom is 0.243 e. The Balaban J connectivity index is 2.42. The molecular formula is C13H17N3O2. The van der Waals surface area contributed by atoms with Crippen LogP contribution in [-0.2, 0) is 0 Å². The molecule has 0 saturated heterocycles. The van der Waals surface area contributed by atoms with E-state index in [2.05, 4.69) is 16.9 Å². The Hall–Kier alpha value is -2.04. The zero-order chi connectivity index (χ0) is 13.0. The van der Waals surface area contributed by atoms with Gasteiger partial charge in [0.25, 0.3) is 0 Å². The minimum absolute atomic E-state index is 0.454. The van der Waals surface area contributed by atoms with E-state index in [9.17, 15) is 0 Å². The molecule has 2 heterocycles. The van der Waals surface area contributed by atoms with Gasteiger partial charge < -0.3 is 15.2 Å². The number of nitrogen functional groups attached to an aromatic ring is 1. The van der Waals surface area contributed by atoms with Gasteiger partial charge in [-0.3, -0.25) is 0 Å². The van der Waals surface area contributed by atoms with Gasteiger partial charge in [-0.2, -0.15) is 4.98 Å². The van der Waals surface area contributed by atoms with Crippen LogP contribution in [0, 0.1) is 0 Å². The highest BCUT2D eigenvalue weighted by atomic mass is 16.5. The van der Waals surface area contributed by atoms with Crippen molar-refractivity contribution in [2.45, 2.75) is 19.8 Å². The highest BCUT2D eigenvalue weighted by molar-refractivity contribution is 5.85. The van der Waals surface area contributed by atoms with Crippen LogP contribution in [0.3, 0.4) is 0 Å². The van der Waals surface area contributed by atoms with Crippen LogP contribution in [0.5, 0.6) is 11.8 Å². The third-order valence-electron chi connectivity index (χ3n) is 2.59. The lowest BCUT2D eigenvalue weighted by molar-refractivity contribution is 0.294. The fraction of sp³-hybridized carbons (Fsp3) is 0.385. The Labute approximate surface area is 106 Å². The van der Waals surface area contributed by atoms with E-state index in [-0.39, 0.29) is 0 Å². The number of pyridine rings is 2. The highest BCUT2D eigenvalue weighted by Gasteiger charge is 2.09. The molecule has 0 amide bonds. The van der Waals surface area contributed by atoms with Gasteiger partial charge in [0.15, 0.2) is 0 Å². The molecule has 0 aliphatic rings. The van der Waals surface area contributed by atoms with Gasteiger partial charge in [-0.25, -0.2) is 4.98 Å². The minimum atomic E-state index is 0.454. The SMILES string of the molecule is CCCCOc1nc(OC)cc2ccc(N)nc12. The van der Waals surface area contributed by atoms with Crippen molar-refractivity contribution in [2.75, 3.05) is 19.5 Å². The molecule has 0 radical (unpaired) electrons. The number of ether oxygens (including phenoxy) is 2. The number of nitrogens with two attached hydrogens (primary N) is 1. The van der Waals surface area contributed by atoms with Gasteiger partial charge in [0.1, 0.15) is 11.3 Å². The Morgan fingerprint density at radius 2 is 2.11 bits per heavy atom. The largest absolute Gasteiger partial charge is 0.481 e. The van der Waals surface area contributed by atoms with Crippen LogP contribution in [0.4, 0.5) is 5.82 Å². The van der Waals surface area contributed by atoms with Crippen molar-refractivity contribution in [2.24, 2.45) is 0 Å². The standard InChI is InChI=1S/C13H17N3O2/c1-3-4-7-18-13-12-9(5-6-10(14)15-12)8-11(16-13)17-2/h5-6,8H,3-4,7H2,1-2H3,(H2,14,15). The summed E-state index contributed by atoms with van der Waals surface area (Å²) in [4.78, 5) is 8.53. The summed E-state index contributed by atoms with van der Waals surface area (Å²) in [6.07, 6.45) is 2.04. The van der Waals surface area contributed by atoms with Crippen molar-refractivity contribution in [1.82, 2.24) is 9.97 Å². The second-order valence-corrected chi connectivity index (χ2v) is 3.98. The summed E-state index contributed by atoms with van der Waals surface area (Å²) in [6.45, 7) is 2.72. The maximum atomic E-state index is 5.69. The zero-order valence-electron chi connectivity index (χ0n) is 10.6. The number of unbranched alkanes of at least 4 members (excludes halogenated alkanes) is 1. The topological polar surface area (TPSA) is 70.3 Å². The molecule has 2 aromatic rings. The molecule has 0 aliphatic heterocycles. The summed E-state index contributed by atoms with van der Waals surface area (Å²) in [5, 5.41) is 0.905. The summed E-state index contributed by atoms with van der Waals surface area (Å²) in [5.41, 5.74) is 6.37. The fourth-order valence-electron chi connectivity index (χ4n) is 1.61. The van der Waals surface area contributed by atoms with E-state index in [0.717, 1.165) is 18.2 Å². The van der Waals surface area contributed by atoms with Crippen molar-refractivity contribution in [3.05, 3.63) is 18.2 Å². The highest BCUT2D eigenvalue weighted by Crippen LogP contribution is 2.26. The third-order valence-corrected chi connectivity index (χ3v) is 2.59. The number of rotatable bonds is 5. The summed E-state index contributed by atoms with van der Waals surface area (Å²) >= 11 is 0. The molecule has 18 heavy (non-hydrogen) atoms. The minimum Gasteiger partial charge on any atom is -0.481 e. The Morgan fingerprint density at radius 1 is 1.28 bits per heavy atom. The van der Waals surface area contributed by atoms with Crippen molar-refractivity contribution < 1.29 is 9.47 Å². The van der Waals surface area contributed by atoms with Crippen LogP contribution in [0.15, 0.2) is 18.2 Å². The molecule has 0 fully saturated rings. The van der Waals surface area contributed by atoms with Gasteiger partial charge in [0.05, 0.1) is 13.7 Å². The number of hydrogen-bond donors (Lipinski definition) is 1. The van der Waals surface area contributed by atoms with E-state index >= 15 is 0 Å². The fourth-order valence-corrected chi connectivity index (χ4v) is 1.61. The van der Waals surface area contributed by atoms with Crippen molar-refractivity contribution in [3.63, 3.8) is 0 Å². The number of anilines is 1. The number of nitrogens with zero attached hydrogens (tertiary/aromatic N) is 2. The monoisotopic (exact) mass is 247 g/mol. The van der Waals surface area contributed by atoms with Gasteiger partial charge in [0.2, 0.25) is 11.8 Å². The lowest BCUT2D eigenvalue weighted by Gasteiger charge is -2.09. The molecule has 0 aliphatic carbocycles. The van der Waals surface area contributed by atoms with Gasteiger partial charge in [-0.1, -0.05) is 13.3 Å². The molecule has 2 N–H and O–H groups in total. The summed E-state index contributed by atoms with van der Waals surface area (Å²) < 4.78 is 10.8. The normalized spacial score (nSPS) is 10.6. The molecule has 96 valence electrons. The molecule has 0 unspecified atom stereocenters. The smallest absolute Gasteiger partial charge is 0.243 e. The van der Waals surface area contributed by atoms with Crippen molar-refractivity contribution >= 4 is 16.7 Å². The molecular weight excluding hydrogens is 230 g/mol. The van der Waals surface area contributed by atoms with E-state index in [1.807, 2.05) is 12.1 Å². The summed E-state index contributed by atoms with van der Waals surface area (Å²) in [6, 6.07) is 5.45. The predicted molar refractivity (Wildman–Crippen MR) is 70.9 cm³/mol. The van der Waals surface area contributed by atoms with Crippen molar-refractivity contribution in [3.8, 4) is 11.8 Å². The van der Waals surface area contributed by atoms with Crippen LogP contribution < -0.4 is 15.2 Å². The first-order valence-electron chi connectivity index (χ1n) is 5.98. The average Bonchev–Trinajstić information content (AvgIpc) is 2.39. The molecule has 2 rings (SSSR count). The number of methoxy groups -OCH3 is 1. The van der Waals surface area contributed by atoms with Gasteiger partial charge in [-0.15, -0.1) is 0 Å². The Bertz CT molecular complexity index is 543. The van der Waals surface area contributed by atoms with E-state index in [0.29, 0.717) is 29.7 Å². The van der Waals surface area contributed by atoms with Crippen LogP contribution in [0.25, 0.3) is 10.9 Å². The average molecular weight is 247 g/mol. The maximum absolute atomic E-state index is 5.69. The number of hydrogen-bond acceptors (Lipinski definition) is 5. The molecule has 0 saturated carbocycles. The van der Waals surface area contributed by atoms with Crippen LogP contribution >= 0.6 is 0 Å². The molecule has 2 aromatic heterocycles. The van der Waals surface area contributed by atoms with Gasteiger partial charge in [0, 0.05) is 11.5 Å². The lowest BCUT2D eigenvalue weighted by atomic mass is 10.2. The van der Waals surface area contributed by atoms with Crippen molar-refractivity contribution in [1.29, 1.82) is 0 Å². The first-order chi connectivity index (χ1) is 8.74. The second-order valence-electron chi connectivity index (χ2n) is 3.98. The number of fused-ring (bicyclic) bond motifs is 1. The van der Waals surface area contributed by atoms with Crippen LogP contribution in [0.1, 0.15) is 19.8 Å². The second kappa shape index (κ2) is 5.53. The van der Waals surface area contributed by atoms with Gasteiger partial charge in [-0.05, 0) is 18.6 Å². The summed E-state index contributed by atoms with van der Waals surface area (Å²) in [7, 11) is 1.58.